The van der Waals surface area contributed by atoms with Gasteiger partial charge in [-0.15, -0.1) is 0 Å². The van der Waals surface area contributed by atoms with Gasteiger partial charge < -0.3 is 4.90 Å². The third-order valence-corrected chi connectivity index (χ3v) is 4.29. The zero-order valence-electron chi connectivity index (χ0n) is 12.6. The van der Waals surface area contributed by atoms with E-state index >= 15 is 0 Å². The van der Waals surface area contributed by atoms with E-state index in [-0.39, 0.29) is 0 Å². The Bertz CT molecular complexity index is 391. The quantitative estimate of drug-likeness (QED) is 0.812. The van der Waals surface area contributed by atoms with E-state index in [2.05, 4.69) is 41.7 Å². The minimum Gasteiger partial charge on any atom is -0.301 e. The number of aromatic nitrogens is 1. The molecule has 1 aromatic rings. The maximum atomic E-state index is 4.15. The van der Waals surface area contributed by atoms with Gasteiger partial charge in [0.2, 0.25) is 0 Å². The summed E-state index contributed by atoms with van der Waals surface area (Å²) >= 11 is 0. The second kappa shape index (κ2) is 7.01. The summed E-state index contributed by atoms with van der Waals surface area (Å²) in [4.78, 5) is 9.21. The van der Waals surface area contributed by atoms with E-state index < -0.39 is 0 Å². The topological polar surface area (TPSA) is 19.4 Å². The van der Waals surface area contributed by atoms with Gasteiger partial charge in [-0.1, -0.05) is 6.42 Å². The van der Waals surface area contributed by atoms with Gasteiger partial charge in [0.05, 0.1) is 0 Å². The minimum absolute atomic E-state index is 0.768. The second-order valence-corrected chi connectivity index (χ2v) is 5.92. The van der Waals surface area contributed by atoms with Crippen LogP contribution < -0.4 is 0 Å². The predicted octanol–water partition coefficient (Wildman–Crippen LogP) is 2.70. The van der Waals surface area contributed by atoms with Crippen molar-refractivity contribution in [2.75, 3.05) is 26.7 Å². The lowest BCUT2D eigenvalue weighted by molar-refractivity contribution is 0.141. The molecule has 0 radical (unpaired) electrons. The van der Waals surface area contributed by atoms with Crippen LogP contribution in [0.3, 0.4) is 0 Å². The molecular formula is C16H27N3. The molecule has 2 heterocycles. The lowest BCUT2D eigenvalue weighted by atomic mass is 10.0. The molecule has 1 aromatic heterocycles. The van der Waals surface area contributed by atoms with Gasteiger partial charge in [0.25, 0.3) is 0 Å². The summed E-state index contributed by atoms with van der Waals surface area (Å²) in [7, 11) is 2.22. The van der Waals surface area contributed by atoms with Crippen LogP contribution >= 0.6 is 0 Å². The lowest BCUT2D eigenvalue weighted by Gasteiger charge is -2.34. The third-order valence-electron chi connectivity index (χ3n) is 4.29. The Balaban J connectivity index is 1.78. The predicted molar refractivity (Wildman–Crippen MR) is 80.2 cm³/mol. The molecule has 3 heteroatoms. The number of hydrogen-bond acceptors (Lipinski definition) is 3. The molecule has 1 aliphatic rings. The number of nitrogens with zero attached hydrogens (tertiary/aromatic N) is 3. The first kappa shape index (κ1) is 14.5. The maximum Gasteiger partial charge on any atom is 0.0300 e. The molecule has 1 saturated heterocycles. The molecule has 1 atom stereocenters. The Morgan fingerprint density at radius 1 is 1.42 bits per heavy atom. The fraction of sp³-hybridized carbons (Fsp3) is 0.688. The number of likely N-dealkylation sites (N-methyl/N-ethyl adjacent to an activating group) is 1. The number of hydrogen-bond donors (Lipinski definition) is 0. The Labute approximate surface area is 117 Å². The van der Waals surface area contributed by atoms with Crippen molar-refractivity contribution in [3.05, 3.63) is 29.6 Å². The van der Waals surface area contributed by atoms with Crippen LogP contribution in [0.5, 0.6) is 0 Å². The standard InChI is InChI=1S/C16H27N3/c1-14-12-17-8-7-16(14)13-18(3)10-11-19-9-5-4-6-15(19)2/h7-8,12,15H,4-6,9-11,13H2,1-3H3. The summed E-state index contributed by atoms with van der Waals surface area (Å²) in [6, 6.07) is 2.90. The smallest absolute Gasteiger partial charge is 0.0300 e. The molecule has 0 saturated carbocycles. The monoisotopic (exact) mass is 261 g/mol. The molecule has 0 bridgehead atoms. The average molecular weight is 261 g/mol. The average Bonchev–Trinajstić information content (AvgIpc) is 2.40. The van der Waals surface area contributed by atoms with Gasteiger partial charge in [-0.2, -0.15) is 0 Å². The summed E-state index contributed by atoms with van der Waals surface area (Å²) in [6.07, 6.45) is 7.99. The van der Waals surface area contributed by atoms with E-state index in [1.807, 2.05) is 12.4 Å². The first-order valence-corrected chi connectivity index (χ1v) is 7.49. The van der Waals surface area contributed by atoms with E-state index in [0.29, 0.717) is 0 Å². The molecule has 106 valence electrons. The van der Waals surface area contributed by atoms with Crippen molar-refractivity contribution in [1.82, 2.24) is 14.8 Å². The number of aryl methyl sites for hydroxylation is 1. The zero-order chi connectivity index (χ0) is 13.7. The molecule has 0 aliphatic carbocycles. The molecule has 1 unspecified atom stereocenters. The molecule has 19 heavy (non-hydrogen) atoms. The van der Waals surface area contributed by atoms with E-state index in [1.54, 1.807) is 0 Å². The normalized spacial score (nSPS) is 20.9. The SMILES string of the molecule is Cc1cnccc1CN(C)CCN1CCCCC1C. The lowest BCUT2D eigenvalue weighted by Crippen LogP contribution is -2.41. The van der Waals surface area contributed by atoms with Crippen molar-refractivity contribution in [3.8, 4) is 0 Å². The van der Waals surface area contributed by atoms with Gasteiger partial charge in [0, 0.05) is 38.1 Å². The van der Waals surface area contributed by atoms with Crippen LogP contribution in [0.1, 0.15) is 37.3 Å². The van der Waals surface area contributed by atoms with Crippen LogP contribution in [0.25, 0.3) is 0 Å². The zero-order valence-corrected chi connectivity index (χ0v) is 12.6. The van der Waals surface area contributed by atoms with Crippen LogP contribution in [0, 0.1) is 6.92 Å². The van der Waals surface area contributed by atoms with E-state index in [9.17, 15) is 0 Å². The fourth-order valence-electron chi connectivity index (χ4n) is 2.84. The second-order valence-electron chi connectivity index (χ2n) is 5.92. The van der Waals surface area contributed by atoms with Crippen LogP contribution in [-0.2, 0) is 6.54 Å². The highest BCUT2D eigenvalue weighted by Gasteiger charge is 2.17. The van der Waals surface area contributed by atoms with Gasteiger partial charge >= 0.3 is 0 Å². The first-order valence-electron chi connectivity index (χ1n) is 7.49. The first-order chi connectivity index (χ1) is 9.16. The summed E-state index contributed by atoms with van der Waals surface area (Å²) in [5, 5.41) is 0. The Morgan fingerprint density at radius 3 is 3.00 bits per heavy atom. The Hall–Kier alpha value is -0.930. The third kappa shape index (κ3) is 4.29. The van der Waals surface area contributed by atoms with E-state index in [4.69, 9.17) is 0 Å². The molecule has 0 spiro atoms. The van der Waals surface area contributed by atoms with Gasteiger partial charge in [0.15, 0.2) is 0 Å². The van der Waals surface area contributed by atoms with E-state index in [0.717, 1.165) is 19.1 Å². The highest BCUT2D eigenvalue weighted by atomic mass is 15.2. The molecule has 1 fully saturated rings. The minimum atomic E-state index is 0.768. The number of piperidine rings is 1. The van der Waals surface area contributed by atoms with Crippen LogP contribution in [0.15, 0.2) is 18.5 Å². The number of pyridine rings is 1. The Morgan fingerprint density at radius 2 is 2.26 bits per heavy atom. The molecule has 0 N–H and O–H groups in total. The van der Waals surface area contributed by atoms with Gasteiger partial charge in [-0.25, -0.2) is 0 Å². The Kier molecular flexibility index (Phi) is 5.34. The fourth-order valence-corrected chi connectivity index (χ4v) is 2.84. The highest BCUT2D eigenvalue weighted by Crippen LogP contribution is 2.16. The molecule has 1 aliphatic heterocycles. The molecule has 0 amide bonds. The van der Waals surface area contributed by atoms with Crippen molar-refractivity contribution in [2.24, 2.45) is 0 Å². The van der Waals surface area contributed by atoms with Gasteiger partial charge in [-0.3, -0.25) is 9.88 Å². The van der Waals surface area contributed by atoms with Crippen LogP contribution in [-0.4, -0.2) is 47.5 Å². The maximum absolute atomic E-state index is 4.15. The number of likely N-dealkylation sites (tertiary alicyclic amines) is 1. The molecular weight excluding hydrogens is 234 g/mol. The largest absolute Gasteiger partial charge is 0.301 e. The van der Waals surface area contributed by atoms with Crippen LogP contribution in [0.2, 0.25) is 0 Å². The summed E-state index contributed by atoms with van der Waals surface area (Å²) in [5.74, 6) is 0. The molecule has 2 rings (SSSR count). The number of rotatable bonds is 5. The van der Waals surface area contributed by atoms with Crippen molar-refractivity contribution < 1.29 is 0 Å². The van der Waals surface area contributed by atoms with Crippen molar-refractivity contribution in [1.29, 1.82) is 0 Å². The summed E-state index contributed by atoms with van der Waals surface area (Å²) in [6.45, 7) is 9.16. The highest BCUT2D eigenvalue weighted by molar-refractivity contribution is 5.21. The van der Waals surface area contributed by atoms with E-state index in [1.165, 1.54) is 43.5 Å². The summed E-state index contributed by atoms with van der Waals surface area (Å²) in [5.41, 5.74) is 2.69. The van der Waals surface area contributed by atoms with Crippen molar-refractivity contribution >= 4 is 0 Å². The molecule has 0 aromatic carbocycles. The van der Waals surface area contributed by atoms with Gasteiger partial charge in [-0.05, 0) is 57.5 Å². The van der Waals surface area contributed by atoms with Crippen molar-refractivity contribution in [2.45, 2.75) is 45.7 Å². The van der Waals surface area contributed by atoms with Gasteiger partial charge in [0.1, 0.15) is 0 Å². The summed E-state index contributed by atoms with van der Waals surface area (Å²) < 4.78 is 0. The molecule has 3 nitrogen and oxygen atoms in total. The van der Waals surface area contributed by atoms with Crippen LogP contribution in [0.4, 0.5) is 0 Å². The van der Waals surface area contributed by atoms with Crippen molar-refractivity contribution in [3.63, 3.8) is 0 Å².